The predicted octanol–water partition coefficient (Wildman–Crippen LogP) is 0.717. The van der Waals surface area contributed by atoms with Crippen LogP contribution in [0.1, 0.15) is 18.4 Å². The van der Waals surface area contributed by atoms with Crippen molar-refractivity contribution in [1.82, 2.24) is 5.43 Å². The normalized spacial score (nSPS) is 16.9. The summed E-state index contributed by atoms with van der Waals surface area (Å²) in [6, 6.07) is 7.57. The molecule has 3 N–H and O–H groups in total. The Bertz CT molecular complexity index is 386. The predicted molar refractivity (Wildman–Crippen MR) is 56.2 cm³/mol. The molecule has 0 atom stereocenters. The van der Waals surface area contributed by atoms with Gasteiger partial charge in [0.15, 0.2) is 0 Å². The second kappa shape index (κ2) is 3.55. The van der Waals surface area contributed by atoms with Gasteiger partial charge in [-0.25, -0.2) is 5.84 Å². The molecular formula is C11H14N2O2. The quantitative estimate of drug-likeness (QED) is 0.435. The van der Waals surface area contributed by atoms with Gasteiger partial charge in [0.1, 0.15) is 5.75 Å². The van der Waals surface area contributed by atoms with Crippen LogP contribution in [-0.4, -0.2) is 13.0 Å². The fraction of sp³-hybridized carbons (Fsp3) is 0.364. The smallest absolute Gasteiger partial charge is 0.244 e. The Balaban J connectivity index is 2.33. The molecule has 0 spiro atoms. The summed E-state index contributed by atoms with van der Waals surface area (Å²) in [5.41, 5.74) is 2.79. The summed E-state index contributed by atoms with van der Waals surface area (Å²) in [6.07, 6.45) is 1.70. The molecule has 4 heteroatoms. The average molecular weight is 206 g/mol. The van der Waals surface area contributed by atoms with E-state index in [1.807, 2.05) is 24.3 Å². The highest BCUT2D eigenvalue weighted by molar-refractivity contribution is 5.90. The Hall–Kier alpha value is -1.55. The fourth-order valence-electron chi connectivity index (χ4n) is 1.83. The third kappa shape index (κ3) is 1.57. The van der Waals surface area contributed by atoms with Crippen molar-refractivity contribution in [1.29, 1.82) is 0 Å². The molecule has 1 aliphatic rings. The lowest BCUT2D eigenvalue weighted by atomic mass is 9.95. The molecule has 0 saturated heterocycles. The van der Waals surface area contributed by atoms with Gasteiger partial charge in [-0.2, -0.15) is 0 Å². The van der Waals surface area contributed by atoms with E-state index in [9.17, 15) is 4.79 Å². The summed E-state index contributed by atoms with van der Waals surface area (Å²) < 4.78 is 5.13. The van der Waals surface area contributed by atoms with Crippen LogP contribution in [0.3, 0.4) is 0 Å². The number of hydrogen-bond donors (Lipinski definition) is 2. The van der Waals surface area contributed by atoms with Crippen LogP contribution in [-0.2, 0) is 10.2 Å². The first kappa shape index (κ1) is 9.98. The second-order valence-electron chi connectivity index (χ2n) is 3.79. The molecule has 80 valence electrons. The van der Waals surface area contributed by atoms with Gasteiger partial charge in [-0.15, -0.1) is 0 Å². The SMILES string of the molecule is COc1cccc(C2(C(=O)NN)CC2)c1. The molecule has 1 fully saturated rings. The molecule has 0 radical (unpaired) electrons. The summed E-state index contributed by atoms with van der Waals surface area (Å²) in [6.45, 7) is 0. The number of nitrogens with two attached hydrogens (primary N) is 1. The monoisotopic (exact) mass is 206 g/mol. The van der Waals surface area contributed by atoms with Crippen LogP contribution < -0.4 is 16.0 Å². The van der Waals surface area contributed by atoms with Crippen LogP contribution in [0.2, 0.25) is 0 Å². The van der Waals surface area contributed by atoms with Crippen LogP contribution >= 0.6 is 0 Å². The van der Waals surface area contributed by atoms with Crippen molar-refractivity contribution in [3.63, 3.8) is 0 Å². The standard InChI is InChI=1S/C11H14N2O2/c1-15-9-4-2-3-8(7-9)11(5-6-11)10(14)13-12/h2-4,7H,5-6,12H2,1H3,(H,13,14). The van der Waals surface area contributed by atoms with E-state index in [0.717, 1.165) is 24.2 Å². The minimum Gasteiger partial charge on any atom is -0.497 e. The lowest BCUT2D eigenvalue weighted by Crippen LogP contribution is -2.39. The van der Waals surface area contributed by atoms with Crippen LogP contribution in [0, 0.1) is 0 Å². The van der Waals surface area contributed by atoms with Gasteiger partial charge in [-0.3, -0.25) is 10.2 Å². The van der Waals surface area contributed by atoms with E-state index < -0.39 is 5.41 Å². The van der Waals surface area contributed by atoms with Gasteiger partial charge in [-0.1, -0.05) is 12.1 Å². The highest BCUT2D eigenvalue weighted by atomic mass is 16.5. The van der Waals surface area contributed by atoms with Gasteiger partial charge < -0.3 is 4.74 Å². The first-order chi connectivity index (χ1) is 7.23. The molecule has 1 aromatic rings. The van der Waals surface area contributed by atoms with Crippen LogP contribution in [0.4, 0.5) is 0 Å². The molecule has 1 amide bonds. The number of hydrogen-bond acceptors (Lipinski definition) is 3. The zero-order valence-electron chi connectivity index (χ0n) is 8.62. The van der Waals surface area contributed by atoms with Crippen molar-refractivity contribution in [2.24, 2.45) is 5.84 Å². The summed E-state index contributed by atoms with van der Waals surface area (Å²) in [7, 11) is 1.61. The number of nitrogens with one attached hydrogen (secondary N) is 1. The average Bonchev–Trinajstić information content (AvgIpc) is 3.09. The van der Waals surface area contributed by atoms with E-state index in [4.69, 9.17) is 10.6 Å². The molecular weight excluding hydrogens is 192 g/mol. The Labute approximate surface area is 88.4 Å². The molecule has 2 rings (SSSR count). The molecule has 1 aromatic carbocycles. The third-order valence-corrected chi connectivity index (χ3v) is 2.94. The van der Waals surface area contributed by atoms with Gasteiger partial charge >= 0.3 is 0 Å². The molecule has 0 bridgehead atoms. The number of hydrazine groups is 1. The molecule has 0 aromatic heterocycles. The summed E-state index contributed by atoms with van der Waals surface area (Å²) in [5.74, 6) is 5.83. The van der Waals surface area contributed by atoms with E-state index in [1.54, 1.807) is 7.11 Å². The van der Waals surface area contributed by atoms with Crippen LogP contribution in [0.25, 0.3) is 0 Å². The number of amides is 1. The van der Waals surface area contributed by atoms with E-state index in [0.29, 0.717) is 0 Å². The van der Waals surface area contributed by atoms with Crippen molar-refractivity contribution in [3.05, 3.63) is 29.8 Å². The lowest BCUT2D eigenvalue weighted by Gasteiger charge is -2.14. The van der Waals surface area contributed by atoms with Gasteiger partial charge in [-0.05, 0) is 30.5 Å². The highest BCUT2D eigenvalue weighted by Gasteiger charge is 2.51. The van der Waals surface area contributed by atoms with E-state index in [2.05, 4.69) is 5.43 Å². The highest BCUT2D eigenvalue weighted by Crippen LogP contribution is 2.48. The fourth-order valence-corrected chi connectivity index (χ4v) is 1.83. The Morgan fingerprint density at radius 3 is 2.80 bits per heavy atom. The minimum absolute atomic E-state index is 0.115. The molecule has 0 aliphatic heterocycles. The Morgan fingerprint density at radius 1 is 1.53 bits per heavy atom. The maximum Gasteiger partial charge on any atom is 0.244 e. The largest absolute Gasteiger partial charge is 0.497 e. The Kier molecular flexibility index (Phi) is 2.36. The summed E-state index contributed by atoms with van der Waals surface area (Å²) >= 11 is 0. The number of methoxy groups -OCH3 is 1. The number of ether oxygens (including phenoxy) is 1. The minimum atomic E-state index is -0.413. The number of benzene rings is 1. The lowest BCUT2D eigenvalue weighted by molar-refractivity contribution is -0.123. The van der Waals surface area contributed by atoms with Gasteiger partial charge in [0.05, 0.1) is 12.5 Å². The summed E-state index contributed by atoms with van der Waals surface area (Å²) in [5, 5.41) is 0. The molecule has 4 nitrogen and oxygen atoms in total. The molecule has 15 heavy (non-hydrogen) atoms. The first-order valence-corrected chi connectivity index (χ1v) is 4.88. The Morgan fingerprint density at radius 2 is 2.27 bits per heavy atom. The van der Waals surface area contributed by atoms with Gasteiger partial charge in [0.25, 0.3) is 0 Å². The third-order valence-electron chi connectivity index (χ3n) is 2.94. The van der Waals surface area contributed by atoms with Crippen LogP contribution in [0.15, 0.2) is 24.3 Å². The topological polar surface area (TPSA) is 64.3 Å². The molecule has 0 unspecified atom stereocenters. The molecule has 0 heterocycles. The van der Waals surface area contributed by atoms with Crippen molar-refractivity contribution < 1.29 is 9.53 Å². The second-order valence-corrected chi connectivity index (χ2v) is 3.79. The van der Waals surface area contributed by atoms with E-state index in [1.165, 1.54) is 0 Å². The van der Waals surface area contributed by atoms with Gasteiger partial charge in [0.2, 0.25) is 5.91 Å². The number of rotatable bonds is 3. The maximum absolute atomic E-state index is 11.6. The zero-order valence-corrected chi connectivity index (χ0v) is 8.62. The van der Waals surface area contributed by atoms with Gasteiger partial charge in [0, 0.05) is 0 Å². The van der Waals surface area contributed by atoms with E-state index in [-0.39, 0.29) is 5.91 Å². The van der Waals surface area contributed by atoms with Crippen molar-refractivity contribution in [2.45, 2.75) is 18.3 Å². The molecule has 1 saturated carbocycles. The van der Waals surface area contributed by atoms with Crippen molar-refractivity contribution >= 4 is 5.91 Å². The molecule has 1 aliphatic carbocycles. The zero-order chi connectivity index (χ0) is 10.9. The van der Waals surface area contributed by atoms with Crippen LogP contribution in [0.5, 0.6) is 5.75 Å². The summed E-state index contributed by atoms with van der Waals surface area (Å²) in [4.78, 5) is 11.6. The first-order valence-electron chi connectivity index (χ1n) is 4.88. The van der Waals surface area contributed by atoms with E-state index >= 15 is 0 Å². The van der Waals surface area contributed by atoms with Crippen molar-refractivity contribution in [3.8, 4) is 5.75 Å². The number of carbonyl (C=O) groups is 1. The van der Waals surface area contributed by atoms with Crippen molar-refractivity contribution in [2.75, 3.05) is 7.11 Å². The number of carbonyl (C=O) groups excluding carboxylic acids is 1. The maximum atomic E-state index is 11.6.